The zero-order chi connectivity index (χ0) is 15.7. The van der Waals surface area contributed by atoms with Crippen LogP contribution in [0.1, 0.15) is 32.8 Å². The SMILES string of the molecule is CCc1cc(OC)c(OCCCN(CC)CC)c(OC)c1. The second kappa shape index (κ2) is 9.50. The average molecular weight is 295 g/mol. The lowest BCUT2D eigenvalue weighted by Gasteiger charge is -2.19. The van der Waals surface area contributed by atoms with Crippen LogP contribution in [0.25, 0.3) is 0 Å². The lowest BCUT2D eigenvalue weighted by molar-refractivity contribution is 0.235. The van der Waals surface area contributed by atoms with Crippen molar-refractivity contribution < 1.29 is 14.2 Å². The zero-order valence-corrected chi connectivity index (χ0v) is 14.1. The van der Waals surface area contributed by atoms with Gasteiger partial charge in [0.25, 0.3) is 0 Å². The Morgan fingerprint density at radius 2 is 1.52 bits per heavy atom. The summed E-state index contributed by atoms with van der Waals surface area (Å²) in [6.07, 6.45) is 1.93. The molecule has 0 bridgehead atoms. The van der Waals surface area contributed by atoms with Gasteiger partial charge in [0, 0.05) is 6.54 Å². The zero-order valence-electron chi connectivity index (χ0n) is 14.1. The largest absolute Gasteiger partial charge is 0.493 e. The van der Waals surface area contributed by atoms with Gasteiger partial charge in [-0.05, 0) is 43.6 Å². The molecule has 0 aromatic heterocycles. The summed E-state index contributed by atoms with van der Waals surface area (Å²) in [5, 5.41) is 0. The molecular weight excluding hydrogens is 266 g/mol. The smallest absolute Gasteiger partial charge is 0.203 e. The van der Waals surface area contributed by atoms with Gasteiger partial charge in [-0.25, -0.2) is 0 Å². The van der Waals surface area contributed by atoms with Crippen molar-refractivity contribution in [2.75, 3.05) is 40.5 Å². The molecule has 0 saturated carbocycles. The Labute approximate surface area is 129 Å². The topological polar surface area (TPSA) is 30.9 Å². The third-order valence-electron chi connectivity index (χ3n) is 3.69. The molecule has 0 N–H and O–H groups in total. The van der Waals surface area contributed by atoms with E-state index in [1.165, 1.54) is 5.56 Å². The molecule has 4 heteroatoms. The Bertz CT molecular complexity index is 391. The molecule has 4 nitrogen and oxygen atoms in total. The summed E-state index contributed by atoms with van der Waals surface area (Å²) in [4.78, 5) is 2.39. The summed E-state index contributed by atoms with van der Waals surface area (Å²) in [5.41, 5.74) is 1.18. The van der Waals surface area contributed by atoms with E-state index in [0.717, 1.165) is 44.0 Å². The molecule has 1 aromatic rings. The summed E-state index contributed by atoms with van der Waals surface area (Å²) in [6, 6.07) is 4.03. The molecule has 1 rings (SSSR count). The van der Waals surface area contributed by atoms with E-state index in [-0.39, 0.29) is 0 Å². The number of aryl methyl sites for hydroxylation is 1. The highest BCUT2D eigenvalue weighted by Crippen LogP contribution is 2.38. The fourth-order valence-electron chi connectivity index (χ4n) is 2.28. The standard InChI is InChI=1S/C17H29NO3/c1-6-14-12-15(19-4)17(16(13-14)20-5)21-11-9-10-18(7-2)8-3/h12-13H,6-11H2,1-5H3. The predicted octanol–water partition coefficient (Wildman–Crippen LogP) is 3.38. The van der Waals surface area contributed by atoms with E-state index in [1.54, 1.807) is 14.2 Å². The molecule has 1 aromatic carbocycles. The predicted molar refractivity (Wildman–Crippen MR) is 86.8 cm³/mol. The minimum absolute atomic E-state index is 0.661. The maximum Gasteiger partial charge on any atom is 0.203 e. The molecule has 0 aliphatic carbocycles. The molecule has 0 saturated heterocycles. The lowest BCUT2D eigenvalue weighted by atomic mass is 10.1. The van der Waals surface area contributed by atoms with Crippen LogP contribution in [0, 0.1) is 0 Å². The third kappa shape index (κ3) is 5.12. The van der Waals surface area contributed by atoms with Gasteiger partial charge in [0.1, 0.15) is 0 Å². The van der Waals surface area contributed by atoms with Gasteiger partial charge in [-0.3, -0.25) is 0 Å². The fourth-order valence-corrected chi connectivity index (χ4v) is 2.28. The number of hydrogen-bond donors (Lipinski definition) is 0. The van der Waals surface area contributed by atoms with Crippen molar-refractivity contribution >= 4 is 0 Å². The van der Waals surface area contributed by atoms with Crippen molar-refractivity contribution in [2.24, 2.45) is 0 Å². The lowest BCUT2D eigenvalue weighted by Crippen LogP contribution is -2.25. The summed E-state index contributed by atoms with van der Waals surface area (Å²) in [6.45, 7) is 10.3. The first-order chi connectivity index (χ1) is 10.2. The highest BCUT2D eigenvalue weighted by molar-refractivity contribution is 5.53. The summed E-state index contributed by atoms with van der Waals surface area (Å²) >= 11 is 0. The molecule has 0 atom stereocenters. The molecule has 0 aliphatic rings. The van der Waals surface area contributed by atoms with Gasteiger partial charge in [-0.1, -0.05) is 20.8 Å². The Morgan fingerprint density at radius 3 is 1.95 bits per heavy atom. The van der Waals surface area contributed by atoms with Crippen LogP contribution in [0.5, 0.6) is 17.2 Å². The van der Waals surface area contributed by atoms with Gasteiger partial charge in [-0.15, -0.1) is 0 Å². The monoisotopic (exact) mass is 295 g/mol. The molecule has 0 amide bonds. The van der Waals surface area contributed by atoms with Crippen LogP contribution >= 0.6 is 0 Å². The van der Waals surface area contributed by atoms with E-state index in [9.17, 15) is 0 Å². The van der Waals surface area contributed by atoms with Crippen LogP contribution in [-0.4, -0.2) is 45.4 Å². The quantitative estimate of drug-likeness (QED) is 0.619. The molecule has 0 heterocycles. The average Bonchev–Trinajstić information content (AvgIpc) is 2.54. The number of rotatable bonds is 10. The van der Waals surface area contributed by atoms with Gasteiger partial charge in [0.15, 0.2) is 11.5 Å². The van der Waals surface area contributed by atoms with Crippen molar-refractivity contribution in [1.29, 1.82) is 0 Å². The second-order valence-corrected chi connectivity index (χ2v) is 4.91. The van der Waals surface area contributed by atoms with E-state index >= 15 is 0 Å². The van der Waals surface area contributed by atoms with Gasteiger partial charge in [-0.2, -0.15) is 0 Å². The van der Waals surface area contributed by atoms with E-state index in [4.69, 9.17) is 14.2 Å². The molecule has 120 valence electrons. The minimum atomic E-state index is 0.661. The van der Waals surface area contributed by atoms with Gasteiger partial charge >= 0.3 is 0 Å². The molecule has 21 heavy (non-hydrogen) atoms. The van der Waals surface area contributed by atoms with Crippen molar-refractivity contribution in [3.8, 4) is 17.2 Å². The molecule has 0 fully saturated rings. The van der Waals surface area contributed by atoms with Crippen LogP contribution in [0.4, 0.5) is 0 Å². The number of nitrogens with zero attached hydrogens (tertiary/aromatic N) is 1. The van der Waals surface area contributed by atoms with Gasteiger partial charge in [0.2, 0.25) is 5.75 Å². The summed E-state index contributed by atoms with van der Waals surface area (Å²) < 4.78 is 16.8. The minimum Gasteiger partial charge on any atom is -0.493 e. The Balaban J connectivity index is 2.69. The Hall–Kier alpha value is -1.42. The summed E-state index contributed by atoms with van der Waals surface area (Å²) in [7, 11) is 3.33. The number of ether oxygens (including phenoxy) is 3. The first kappa shape index (κ1) is 17.6. The second-order valence-electron chi connectivity index (χ2n) is 4.91. The first-order valence-corrected chi connectivity index (χ1v) is 7.80. The van der Waals surface area contributed by atoms with Gasteiger partial charge in [0.05, 0.1) is 20.8 Å². The van der Waals surface area contributed by atoms with E-state index in [0.29, 0.717) is 12.4 Å². The van der Waals surface area contributed by atoms with Crippen LogP contribution in [0.2, 0.25) is 0 Å². The highest BCUT2D eigenvalue weighted by atomic mass is 16.5. The van der Waals surface area contributed by atoms with Crippen molar-refractivity contribution in [3.63, 3.8) is 0 Å². The first-order valence-electron chi connectivity index (χ1n) is 7.80. The van der Waals surface area contributed by atoms with E-state index in [2.05, 4.69) is 25.7 Å². The van der Waals surface area contributed by atoms with Crippen molar-refractivity contribution in [3.05, 3.63) is 17.7 Å². The maximum atomic E-state index is 5.91. The van der Waals surface area contributed by atoms with E-state index in [1.807, 2.05) is 12.1 Å². The highest BCUT2D eigenvalue weighted by Gasteiger charge is 2.13. The number of methoxy groups -OCH3 is 2. The molecule has 0 aliphatic heterocycles. The number of hydrogen-bond acceptors (Lipinski definition) is 4. The van der Waals surface area contributed by atoms with Crippen LogP contribution in [0.15, 0.2) is 12.1 Å². The third-order valence-corrected chi connectivity index (χ3v) is 3.69. The normalized spacial score (nSPS) is 10.8. The van der Waals surface area contributed by atoms with E-state index < -0.39 is 0 Å². The maximum absolute atomic E-state index is 5.91. The molecule has 0 unspecified atom stereocenters. The Morgan fingerprint density at radius 1 is 0.952 bits per heavy atom. The molecule has 0 spiro atoms. The van der Waals surface area contributed by atoms with Crippen LogP contribution in [0.3, 0.4) is 0 Å². The molecular formula is C17H29NO3. The van der Waals surface area contributed by atoms with Crippen molar-refractivity contribution in [1.82, 2.24) is 4.90 Å². The Kier molecular flexibility index (Phi) is 7.98. The van der Waals surface area contributed by atoms with Crippen molar-refractivity contribution in [2.45, 2.75) is 33.6 Å². The number of benzene rings is 1. The summed E-state index contributed by atoms with van der Waals surface area (Å²) in [5.74, 6) is 2.19. The van der Waals surface area contributed by atoms with Crippen LogP contribution in [-0.2, 0) is 6.42 Å². The molecule has 0 radical (unpaired) electrons. The van der Waals surface area contributed by atoms with Gasteiger partial charge < -0.3 is 19.1 Å². The van der Waals surface area contributed by atoms with Crippen LogP contribution < -0.4 is 14.2 Å². The fraction of sp³-hybridized carbons (Fsp3) is 0.647.